The number of benzene rings is 2. The van der Waals surface area contributed by atoms with Crippen LogP contribution in [0.3, 0.4) is 0 Å². The third-order valence-electron chi connectivity index (χ3n) is 3.84. The van der Waals surface area contributed by atoms with E-state index in [4.69, 9.17) is 10.3 Å². The van der Waals surface area contributed by atoms with Crippen LogP contribution in [0.15, 0.2) is 65.8 Å². The summed E-state index contributed by atoms with van der Waals surface area (Å²) in [5, 5.41) is 3.69. The van der Waals surface area contributed by atoms with Crippen LogP contribution in [0.25, 0.3) is 10.4 Å². The van der Waals surface area contributed by atoms with Crippen LogP contribution in [-0.2, 0) is 9.53 Å². The van der Waals surface area contributed by atoms with E-state index in [1.165, 1.54) is 0 Å². The molecule has 6 nitrogen and oxygen atoms in total. The van der Waals surface area contributed by atoms with Crippen molar-refractivity contribution in [3.8, 4) is 0 Å². The standard InChI is InChI=1S/C20H21N3O3Se/c1-2-26-20(25)18(19(24)15-9-5-3-6-10-15)13-17(14-22-23-21)27-16-11-7-4-8-12-16/h3-12,17-18H,2,13-14H2,1H3. The molecule has 27 heavy (non-hydrogen) atoms. The Morgan fingerprint density at radius 2 is 1.74 bits per heavy atom. The molecule has 2 atom stereocenters. The Morgan fingerprint density at radius 3 is 2.33 bits per heavy atom. The van der Waals surface area contributed by atoms with Crippen molar-refractivity contribution in [3.05, 3.63) is 76.7 Å². The summed E-state index contributed by atoms with van der Waals surface area (Å²) < 4.78 is 6.27. The van der Waals surface area contributed by atoms with E-state index in [0.717, 1.165) is 4.46 Å². The van der Waals surface area contributed by atoms with Crippen LogP contribution in [0.2, 0.25) is 4.82 Å². The molecule has 0 aliphatic rings. The fourth-order valence-corrected chi connectivity index (χ4v) is 4.97. The number of hydrogen-bond acceptors (Lipinski definition) is 4. The van der Waals surface area contributed by atoms with Crippen LogP contribution >= 0.6 is 0 Å². The third-order valence-corrected chi connectivity index (χ3v) is 6.40. The molecule has 140 valence electrons. The number of ether oxygens (including phenoxy) is 1. The van der Waals surface area contributed by atoms with Crippen LogP contribution in [0.1, 0.15) is 23.7 Å². The molecule has 0 aliphatic heterocycles. The van der Waals surface area contributed by atoms with Gasteiger partial charge in [-0.1, -0.05) is 0 Å². The minimum atomic E-state index is -0.906. The predicted octanol–water partition coefficient (Wildman–Crippen LogP) is 3.57. The van der Waals surface area contributed by atoms with E-state index in [1.807, 2.05) is 36.4 Å². The summed E-state index contributed by atoms with van der Waals surface area (Å²) in [6, 6.07) is 18.6. The molecular weight excluding hydrogens is 409 g/mol. The third kappa shape index (κ3) is 6.57. The Labute approximate surface area is 164 Å². The van der Waals surface area contributed by atoms with Crippen molar-refractivity contribution in [3.63, 3.8) is 0 Å². The van der Waals surface area contributed by atoms with Crippen molar-refractivity contribution in [2.75, 3.05) is 13.2 Å². The molecule has 0 fully saturated rings. The van der Waals surface area contributed by atoms with Gasteiger partial charge in [-0.15, -0.1) is 0 Å². The van der Waals surface area contributed by atoms with Gasteiger partial charge in [0.05, 0.1) is 0 Å². The summed E-state index contributed by atoms with van der Waals surface area (Å²) in [5.74, 6) is -1.69. The molecule has 2 unspecified atom stereocenters. The fraction of sp³-hybridized carbons (Fsp3) is 0.300. The molecule has 0 bridgehead atoms. The fourth-order valence-electron chi connectivity index (χ4n) is 2.60. The van der Waals surface area contributed by atoms with Gasteiger partial charge in [0, 0.05) is 0 Å². The van der Waals surface area contributed by atoms with Crippen LogP contribution in [-0.4, -0.2) is 39.9 Å². The maximum absolute atomic E-state index is 12.9. The Balaban J connectivity index is 2.24. The van der Waals surface area contributed by atoms with E-state index in [1.54, 1.807) is 31.2 Å². The molecule has 0 radical (unpaired) electrons. The number of carbonyl (C=O) groups is 2. The Bertz CT molecular complexity index is 793. The van der Waals surface area contributed by atoms with Gasteiger partial charge >= 0.3 is 165 Å². The molecular formula is C20H21N3O3Se. The maximum atomic E-state index is 12.9. The average molecular weight is 430 g/mol. The van der Waals surface area contributed by atoms with Crippen molar-refractivity contribution in [2.24, 2.45) is 11.0 Å². The minimum absolute atomic E-state index is 0.0445. The van der Waals surface area contributed by atoms with Gasteiger partial charge in [0.2, 0.25) is 0 Å². The van der Waals surface area contributed by atoms with Crippen molar-refractivity contribution >= 4 is 31.2 Å². The molecule has 0 amide bonds. The van der Waals surface area contributed by atoms with Crippen LogP contribution < -0.4 is 4.46 Å². The van der Waals surface area contributed by atoms with Crippen molar-refractivity contribution < 1.29 is 14.3 Å². The van der Waals surface area contributed by atoms with E-state index in [2.05, 4.69) is 10.0 Å². The first-order valence-electron chi connectivity index (χ1n) is 8.64. The number of ketones is 1. The van der Waals surface area contributed by atoms with Gasteiger partial charge in [-0.3, -0.25) is 0 Å². The van der Waals surface area contributed by atoms with Gasteiger partial charge in [-0.2, -0.15) is 0 Å². The summed E-state index contributed by atoms with van der Waals surface area (Å²) in [7, 11) is 0. The Morgan fingerprint density at radius 1 is 1.11 bits per heavy atom. The zero-order valence-electron chi connectivity index (χ0n) is 15.0. The SMILES string of the molecule is CCOC(=O)C(CC(CN=[N+]=[N-])[Se]c1ccccc1)C(=O)c1ccccc1. The Kier molecular flexibility index (Phi) is 8.59. The molecule has 0 spiro atoms. The second kappa shape index (κ2) is 11.2. The van der Waals surface area contributed by atoms with Crippen molar-refractivity contribution in [1.29, 1.82) is 0 Å². The normalized spacial score (nSPS) is 12.5. The van der Waals surface area contributed by atoms with Crippen molar-refractivity contribution in [2.45, 2.75) is 18.2 Å². The molecule has 0 aliphatic carbocycles. The van der Waals surface area contributed by atoms with E-state index in [-0.39, 0.29) is 38.7 Å². The summed E-state index contributed by atoms with van der Waals surface area (Å²) in [6.07, 6.45) is 0.292. The van der Waals surface area contributed by atoms with Gasteiger partial charge in [0.15, 0.2) is 0 Å². The quantitative estimate of drug-likeness (QED) is 0.110. The van der Waals surface area contributed by atoms with E-state index < -0.39 is 11.9 Å². The molecule has 7 heteroatoms. The van der Waals surface area contributed by atoms with Gasteiger partial charge in [0.1, 0.15) is 0 Å². The number of rotatable bonds is 10. The monoisotopic (exact) mass is 431 g/mol. The number of azide groups is 1. The first-order chi connectivity index (χ1) is 13.2. The number of nitrogens with zero attached hydrogens (tertiary/aromatic N) is 3. The van der Waals surface area contributed by atoms with Gasteiger partial charge < -0.3 is 0 Å². The van der Waals surface area contributed by atoms with Crippen LogP contribution in [0.5, 0.6) is 0 Å². The van der Waals surface area contributed by atoms with Gasteiger partial charge in [-0.05, 0) is 0 Å². The number of hydrogen-bond donors (Lipinski definition) is 0. The van der Waals surface area contributed by atoms with E-state index in [9.17, 15) is 9.59 Å². The predicted molar refractivity (Wildman–Crippen MR) is 105 cm³/mol. The molecule has 2 rings (SSSR count). The summed E-state index contributed by atoms with van der Waals surface area (Å²) in [4.78, 5) is 28.2. The summed E-state index contributed by atoms with van der Waals surface area (Å²) >= 11 is -0.0445. The number of esters is 1. The van der Waals surface area contributed by atoms with Crippen molar-refractivity contribution in [1.82, 2.24) is 0 Å². The molecule has 0 heterocycles. The van der Waals surface area contributed by atoms with Gasteiger partial charge in [-0.25, -0.2) is 0 Å². The molecule has 0 saturated heterocycles. The first kappa shape index (κ1) is 20.7. The molecule has 2 aromatic carbocycles. The average Bonchev–Trinajstić information content (AvgIpc) is 2.71. The Hall–Kier alpha value is -2.59. The number of carbonyl (C=O) groups excluding carboxylic acids is 2. The zero-order valence-corrected chi connectivity index (χ0v) is 16.7. The van der Waals surface area contributed by atoms with E-state index >= 15 is 0 Å². The molecule has 0 saturated carbocycles. The summed E-state index contributed by atoms with van der Waals surface area (Å²) in [6.45, 7) is 2.17. The summed E-state index contributed by atoms with van der Waals surface area (Å²) in [5.41, 5.74) is 9.18. The number of Topliss-reactive ketones (excluding diaryl/α,β-unsaturated/α-hetero) is 1. The van der Waals surface area contributed by atoms with Crippen LogP contribution in [0, 0.1) is 5.92 Å². The second-order valence-electron chi connectivity index (χ2n) is 5.74. The zero-order chi connectivity index (χ0) is 19.5. The first-order valence-corrected chi connectivity index (χ1v) is 10.5. The van der Waals surface area contributed by atoms with Gasteiger partial charge in [0.25, 0.3) is 0 Å². The van der Waals surface area contributed by atoms with E-state index in [0.29, 0.717) is 12.0 Å². The second-order valence-corrected chi connectivity index (χ2v) is 8.62. The topological polar surface area (TPSA) is 92.1 Å². The molecule has 0 aromatic heterocycles. The molecule has 2 aromatic rings. The molecule has 0 N–H and O–H groups in total. The van der Waals surface area contributed by atoms with Crippen LogP contribution in [0.4, 0.5) is 0 Å².